The molecule has 0 aromatic heterocycles. The van der Waals surface area contributed by atoms with Gasteiger partial charge in [0.05, 0.1) is 0 Å². The molecule has 1 aliphatic heterocycles. The quantitative estimate of drug-likeness (QED) is 0.561. The van der Waals surface area contributed by atoms with Gasteiger partial charge in [-0.3, -0.25) is 19.3 Å². The SMILES string of the molecule is NC(=O)CCC(C(=O)O)N1C(=O)C=CC1=O. The molecule has 3 amide bonds. The van der Waals surface area contributed by atoms with Gasteiger partial charge in [-0.05, 0) is 6.42 Å². The summed E-state index contributed by atoms with van der Waals surface area (Å²) in [4.78, 5) is 44.4. The number of nitrogens with zero attached hydrogens (tertiary/aromatic N) is 1. The van der Waals surface area contributed by atoms with Gasteiger partial charge in [0.1, 0.15) is 6.04 Å². The van der Waals surface area contributed by atoms with E-state index >= 15 is 0 Å². The van der Waals surface area contributed by atoms with Gasteiger partial charge < -0.3 is 10.8 Å². The Labute approximate surface area is 90.5 Å². The number of nitrogens with two attached hydrogens (primary N) is 1. The molecule has 0 saturated heterocycles. The zero-order valence-electron chi connectivity index (χ0n) is 8.25. The third-order valence-electron chi connectivity index (χ3n) is 2.10. The molecule has 0 radical (unpaired) electrons. The summed E-state index contributed by atoms with van der Waals surface area (Å²) in [5, 5.41) is 8.86. The van der Waals surface area contributed by atoms with Crippen molar-refractivity contribution in [3.05, 3.63) is 12.2 Å². The first-order valence-electron chi connectivity index (χ1n) is 4.50. The van der Waals surface area contributed by atoms with Crippen molar-refractivity contribution in [1.29, 1.82) is 0 Å². The van der Waals surface area contributed by atoms with Crippen LogP contribution in [-0.2, 0) is 19.2 Å². The lowest BCUT2D eigenvalue weighted by atomic mass is 10.1. The highest BCUT2D eigenvalue weighted by Gasteiger charge is 2.35. The van der Waals surface area contributed by atoms with Gasteiger partial charge in [0, 0.05) is 18.6 Å². The highest BCUT2D eigenvalue weighted by Crippen LogP contribution is 2.13. The van der Waals surface area contributed by atoms with Gasteiger partial charge in [0.15, 0.2) is 0 Å². The predicted molar refractivity (Wildman–Crippen MR) is 50.8 cm³/mol. The van der Waals surface area contributed by atoms with Gasteiger partial charge in [0.2, 0.25) is 5.91 Å². The molecule has 86 valence electrons. The second-order valence-electron chi connectivity index (χ2n) is 3.24. The smallest absolute Gasteiger partial charge is 0.326 e. The molecule has 1 atom stereocenters. The second-order valence-corrected chi connectivity index (χ2v) is 3.24. The first-order valence-corrected chi connectivity index (χ1v) is 4.50. The number of carboxylic acid groups (broad SMARTS) is 1. The maximum atomic E-state index is 11.2. The standard InChI is InChI=1S/C9H10N2O5/c10-6(12)2-1-5(9(15)16)11-7(13)3-4-8(11)14/h3-5H,1-2H2,(H2,10,12)(H,15,16). The van der Waals surface area contributed by atoms with Crippen molar-refractivity contribution >= 4 is 23.7 Å². The van der Waals surface area contributed by atoms with Crippen LogP contribution in [0.1, 0.15) is 12.8 Å². The van der Waals surface area contributed by atoms with E-state index in [4.69, 9.17) is 10.8 Å². The normalized spacial score (nSPS) is 16.6. The van der Waals surface area contributed by atoms with E-state index in [1.165, 1.54) is 0 Å². The average molecular weight is 226 g/mol. The minimum absolute atomic E-state index is 0.177. The van der Waals surface area contributed by atoms with Gasteiger partial charge in [-0.1, -0.05) is 0 Å². The molecule has 1 aliphatic rings. The lowest BCUT2D eigenvalue weighted by Crippen LogP contribution is -2.45. The number of amides is 3. The van der Waals surface area contributed by atoms with Crippen molar-refractivity contribution in [3.8, 4) is 0 Å². The summed E-state index contributed by atoms with van der Waals surface area (Å²) in [6, 6.07) is -1.34. The first kappa shape index (κ1) is 11.9. The van der Waals surface area contributed by atoms with E-state index < -0.39 is 29.7 Å². The summed E-state index contributed by atoms with van der Waals surface area (Å²) in [5.74, 6) is -3.41. The molecule has 7 heteroatoms. The van der Waals surface area contributed by atoms with E-state index in [0.29, 0.717) is 4.90 Å². The Morgan fingerprint density at radius 3 is 2.19 bits per heavy atom. The maximum absolute atomic E-state index is 11.2. The van der Waals surface area contributed by atoms with Crippen LogP contribution < -0.4 is 5.73 Å². The molecule has 0 bridgehead atoms. The number of carbonyl (C=O) groups excluding carboxylic acids is 3. The summed E-state index contributed by atoms with van der Waals surface area (Å²) in [7, 11) is 0. The van der Waals surface area contributed by atoms with Crippen LogP contribution in [0.4, 0.5) is 0 Å². The summed E-state index contributed by atoms with van der Waals surface area (Å²) in [5.41, 5.74) is 4.87. The molecule has 7 nitrogen and oxygen atoms in total. The van der Waals surface area contributed by atoms with Crippen molar-refractivity contribution < 1.29 is 24.3 Å². The zero-order chi connectivity index (χ0) is 12.3. The fraction of sp³-hybridized carbons (Fsp3) is 0.333. The summed E-state index contributed by atoms with van der Waals surface area (Å²) in [6.07, 6.45) is 1.60. The summed E-state index contributed by atoms with van der Waals surface area (Å²) >= 11 is 0. The summed E-state index contributed by atoms with van der Waals surface area (Å²) < 4.78 is 0. The highest BCUT2D eigenvalue weighted by molar-refractivity contribution is 6.14. The molecular weight excluding hydrogens is 216 g/mol. The fourth-order valence-electron chi connectivity index (χ4n) is 1.36. The molecular formula is C9H10N2O5. The number of carboxylic acids is 1. The summed E-state index contributed by atoms with van der Waals surface area (Å²) in [6.45, 7) is 0. The van der Waals surface area contributed by atoms with Gasteiger partial charge in [-0.25, -0.2) is 4.79 Å². The van der Waals surface area contributed by atoms with Gasteiger partial charge in [-0.2, -0.15) is 0 Å². The Morgan fingerprint density at radius 2 is 1.81 bits per heavy atom. The van der Waals surface area contributed by atoms with Crippen LogP contribution in [0.25, 0.3) is 0 Å². The van der Waals surface area contributed by atoms with E-state index in [2.05, 4.69) is 0 Å². The van der Waals surface area contributed by atoms with E-state index in [0.717, 1.165) is 12.2 Å². The number of hydrogen-bond acceptors (Lipinski definition) is 4. The number of hydrogen-bond donors (Lipinski definition) is 2. The van der Waals surface area contributed by atoms with Crippen molar-refractivity contribution in [2.24, 2.45) is 5.73 Å². The monoisotopic (exact) mass is 226 g/mol. The van der Waals surface area contributed by atoms with Gasteiger partial charge >= 0.3 is 5.97 Å². The van der Waals surface area contributed by atoms with Gasteiger partial charge in [-0.15, -0.1) is 0 Å². The Hall–Kier alpha value is -2.18. The molecule has 0 aromatic carbocycles. The fourth-order valence-corrected chi connectivity index (χ4v) is 1.36. The number of imide groups is 1. The topological polar surface area (TPSA) is 118 Å². The average Bonchev–Trinajstić information content (AvgIpc) is 2.48. The van der Waals surface area contributed by atoms with E-state index in [9.17, 15) is 19.2 Å². The van der Waals surface area contributed by atoms with Crippen LogP contribution in [0.2, 0.25) is 0 Å². The van der Waals surface area contributed by atoms with Crippen molar-refractivity contribution in [3.63, 3.8) is 0 Å². The number of rotatable bonds is 5. The third kappa shape index (κ3) is 2.44. The van der Waals surface area contributed by atoms with E-state index in [1.807, 2.05) is 0 Å². The Kier molecular flexibility index (Phi) is 3.39. The third-order valence-corrected chi connectivity index (χ3v) is 2.10. The van der Waals surface area contributed by atoms with Crippen molar-refractivity contribution in [2.45, 2.75) is 18.9 Å². The predicted octanol–water partition coefficient (Wildman–Crippen LogP) is -1.37. The zero-order valence-corrected chi connectivity index (χ0v) is 8.25. The van der Waals surface area contributed by atoms with Gasteiger partial charge in [0.25, 0.3) is 11.8 Å². The van der Waals surface area contributed by atoms with Crippen LogP contribution in [0.15, 0.2) is 12.2 Å². The van der Waals surface area contributed by atoms with Crippen LogP contribution >= 0.6 is 0 Å². The maximum Gasteiger partial charge on any atom is 0.326 e. The molecule has 16 heavy (non-hydrogen) atoms. The Bertz CT molecular complexity index is 369. The molecule has 0 aliphatic carbocycles. The lowest BCUT2D eigenvalue weighted by Gasteiger charge is -2.21. The van der Waals surface area contributed by atoms with E-state index in [1.54, 1.807) is 0 Å². The van der Waals surface area contributed by atoms with Crippen LogP contribution in [-0.4, -0.2) is 39.7 Å². The number of primary amides is 1. The minimum atomic E-state index is -1.34. The number of aliphatic carboxylic acids is 1. The van der Waals surface area contributed by atoms with Crippen LogP contribution in [0, 0.1) is 0 Å². The molecule has 0 saturated carbocycles. The van der Waals surface area contributed by atoms with Crippen molar-refractivity contribution in [1.82, 2.24) is 4.90 Å². The van der Waals surface area contributed by atoms with Crippen molar-refractivity contribution in [2.75, 3.05) is 0 Å². The molecule has 0 aromatic rings. The second kappa shape index (κ2) is 4.56. The highest BCUT2D eigenvalue weighted by atomic mass is 16.4. The molecule has 3 N–H and O–H groups in total. The molecule has 1 unspecified atom stereocenters. The molecule has 0 fully saturated rings. The first-order chi connectivity index (χ1) is 7.43. The molecule has 0 spiro atoms. The Balaban J connectivity index is 2.78. The minimum Gasteiger partial charge on any atom is -0.480 e. The Morgan fingerprint density at radius 1 is 1.31 bits per heavy atom. The van der Waals surface area contributed by atoms with E-state index in [-0.39, 0.29) is 12.8 Å². The number of carbonyl (C=O) groups is 4. The molecule has 1 rings (SSSR count). The van der Waals surface area contributed by atoms with Crippen LogP contribution in [0.5, 0.6) is 0 Å². The largest absolute Gasteiger partial charge is 0.480 e. The van der Waals surface area contributed by atoms with Crippen LogP contribution in [0.3, 0.4) is 0 Å². The molecule has 1 heterocycles. The lowest BCUT2D eigenvalue weighted by molar-refractivity contribution is -0.153.